The zero-order valence-corrected chi connectivity index (χ0v) is 23.2. The van der Waals surface area contributed by atoms with Crippen LogP contribution in [0.5, 0.6) is 5.75 Å². The Balaban J connectivity index is 1.63. The molecule has 13 heteroatoms. The first-order valence-corrected chi connectivity index (χ1v) is 16.3. The summed E-state index contributed by atoms with van der Waals surface area (Å²) >= 11 is 2.24. The van der Waals surface area contributed by atoms with Crippen LogP contribution in [0.4, 0.5) is 28.7 Å². The first-order chi connectivity index (χ1) is 16.9. The summed E-state index contributed by atoms with van der Waals surface area (Å²) < 4.78 is 22.8. The van der Waals surface area contributed by atoms with Gasteiger partial charge in [-0.25, -0.2) is 23.3 Å². The van der Waals surface area contributed by atoms with E-state index in [4.69, 9.17) is 9.72 Å². The number of nitrogens with zero attached hydrogens (tertiary/aromatic N) is 5. The Hall–Kier alpha value is -2.70. The van der Waals surface area contributed by atoms with Crippen molar-refractivity contribution in [3.63, 3.8) is 0 Å². The molecule has 3 aromatic heterocycles. The number of hydrogen-bond donors (Lipinski definition) is 2. The fourth-order valence-corrected chi connectivity index (χ4v) is 6.51. The van der Waals surface area contributed by atoms with Gasteiger partial charge in [-0.15, -0.1) is 0 Å². The Morgan fingerprint density at radius 3 is 2.77 bits per heavy atom. The molecule has 2 unspecified atom stereocenters. The molecule has 182 valence electrons. The fourth-order valence-electron chi connectivity index (χ4n) is 3.97. The zero-order chi connectivity index (χ0) is 24.7. The summed E-state index contributed by atoms with van der Waals surface area (Å²) in [4.78, 5) is 22.4. The van der Waals surface area contributed by atoms with Gasteiger partial charge in [-0.3, -0.25) is 9.10 Å². The van der Waals surface area contributed by atoms with Gasteiger partial charge in [-0.2, -0.15) is 0 Å². The van der Waals surface area contributed by atoms with Crippen LogP contribution < -0.4 is 25.2 Å². The highest BCUT2D eigenvalue weighted by Crippen LogP contribution is 2.36. The van der Waals surface area contributed by atoms with Gasteiger partial charge in [0.1, 0.15) is 33.8 Å². The molecule has 0 bridgehead atoms. The van der Waals surface area contributed by atoms with E-state index in [1.165, 1.54) is 0 Å². The number of fused-ring (bicyclic) bond motifs is 2. The molecule has 0 saturated carbocycles. The number of anilines is 5. The van der Waals surface area contributed by atoms with Gasteiger partial charge in [0, 0.05) is 38.4 Å². The predicted molar refractivity (Wildman–Crippen MR) is 152 cm³/mol. The topological polar surface area (TPSA) is 106 Å². The lowest BCUT2D eigenvalue weighted by Gasteiger charge is -2.20. The normalized spacial score (nSPS) is 13.7. The molecule has 1 aromatic carbocycles. The third-order valence-electron chi connectivity index (χ3n) is 5.82. The molecule has 1 aliphatic rings. The van der Waals surface area contributed by atoms with Crippen LogP contribution in [0.3, 0.4) is 0 Å². The van der Waals surface area contributed by atoms with E-state index in [1.54, 1.807) is 41.6 Å². The Kier molecular flexibility index (Phi) is 6.69. The summed E-state index contributed by atoms with van der Waals surface area (Å²) in [5.41, 5.74) is 3.58. The fraction of sp³-hybridized carbons (Fsp3) is 0.227. The monoisotopic (exact) mass is 623 g/mol. The van der Waals surface area contributed by atoms with Gasteiger partial charge in [0.15, 0.2) is 5.65 Å². The van der Waals surface area contributed by atoms with Crippen molar-refractivity contribution < 1.29 is 8.95 Å². The highest BCUT2D eigenvalue weighted by molar-refractivity contribution is 14.2. The largest absolute Gasteiger partial charge is 0.491 e. The Labute approximate surface area is 219 Å². The standard InChI is InChI=1S/C22H23IN7O3PS/c1-28-22(31)20-15(25-14-6-4-5-7-16(14)29(2)35(3)32)11-19(27-21(20)30(28)34-23)26-18-10-13-8-9-33-17(13)12-24-18/h4-7,10-12,34H,8-9H2,1-3H3,(H2,24,25,26,27). The third kappa shape index (κ3) is 4.50. The highest BCUT2D eigenvalue weighted by Gasteiger charge is 2.20. The maximum absolute atomic E-state index is 13.2. The molecule has 0 radical (unpaired) electrons. The molecule has 0 aliphatic carbocycles. The molecule has 5 rings (SSSR count). The van der Waals surface area contributed by atoms with Crippen molar-refractivity contribution in [2.75, 3.05) is 34.8 Å². The molecule has 10 nitrogen and oxygen atoms in total. The lowest BCUT2D eigenvalue weighted by Crippen LogP contribution is -2.20. The average molecular weight is 623 g/mol. The number of benzene rings is 1. The number of nitrogens with one attached hydrogen (secondary N) is 2. The molecule has 2 atom stereocenters. The number of halogens is 1. The number of ether oxygens (including phenoxy) is 1. The smallest absolute Gasteiger partial charge is 0.278 e. The van der Waals surface area contributed by atoms with Crippen molar-refractivity contribution in [3.8, 4) is 5.75 Å². The summed E-state index contributed by atoms with van der Waals surface area (Å²) in [5, 5.41) is 7.17. The molecule has 0 spiro atoms. The number of pyridine rings is 2. The zero-order valence-electron chi connectivity index (χ0n) is 19.2. The molecular weight excluding hydrogens is 600 g/mol. The number of rotatable bonds is 7. The van der Waals surface area contributed by atoms with E-state index >= 15 is 0 Å². The summed E-state index contributed by atoms with van der Waals surface area (Å²) in [6.45, 7) is 0.655. The van der Waals surface area contributed by atoms with Crippen molar-refractivity contribution in [1.82, 2.24) is 19.1 Å². The van der Waals surface area contributed by atoms with Crippen molar-refractivity contribution in [1.29, 1.82) is 0 Å². The van der Waals surface area contributed by atoms with E-state index in [-0.39, 0.29) is 11.9 Å². The second kappa shape index (κ2) is 9.75. The Bertz CT molecular complexity index is 1520. The molecule has 0 amide bonds. The summed E-state index contributed by atoms with van der Waals surface area (Å²) in [7, 11) is 2.29. The Morgan fingerprint density at radius 1 is 1.20 bits per heavy atom. The maximum Gasteiger partial charge on any atom is 0.278 e. The van der Waals surface area contributed by atoms with Gasteiger partial charge in [-0.05, 0) is 40.2 Å². The SMILES string of the molecule is CN(c1ccccc1Nc1cc(Nc2cc3c(cn2)OCC3)nc2c1c(=O)n(C)n2PI)S(C)=O. The number of hydrogen-bond acceptors (Lipinski definition) is 7. The van der Waals surface area contributed by atoms with Crippen LogP contribution in [0, 0.1) is 0 Å². The molecule has 1 aliphatic heterocycles. The highest BCUT2D eigenvalue weighted by atomic mass is 127. The van der Waals surface area contributed by atoms with Crippen LogP contribution in [0.25, 0.3) is 11.0 Å². The molecule has 2 N–H and O–H groups in total. The van der Waals surface area contributed by atoms with E-state index in [1.807, 2.05) is 34.8 Å². The molecule has 0 fully saturated rings. The van der Waals surface area contributed by atoms with Crippen molar-refractivity contribution >= 4 is 79.1 Å². The van der Waals surface area contributed by atoms with Crippen molar-refractivity contribution in [2.24, 2.45) is 7.05 Å². The second-order valence-corrected chi connectivity index (χ2v) is 11.4. The van der Waals surface area contributed by atoms with Crippen molar-refractivity contribution in [2.45, 2.75) is 6.42 Å². The molecule has 4 aromatic rings. The van der Waals surface area contributed by atoms with Gasteiger partial charge in [0.05, 0.1) is 36.2 Å². The lowest BCUT2D eigenvalue weighted by molar-refractivity contribution is 0.355. The minimum atomic E-state index is -1.21. The average Bonchev–Trinajstić information content (AvgIpc) is 3.40. The van der Waals surface area contributed by atoms with Crippen LogP contribution in [-0.4, -0.2) is 43.2 Å². The summed E-state index contributed by atoms with van der Waals surface area (Å²) in [5.74, 6) is 2.00. The third-order valence-corrected chi connectivity index (χ3v) is 8.83. The van der Waals surface area contributed by atoms with Crippen LogP contribution in [0.1, 0.15) is 5.56 Å². The molecule has 4 heterocycles. The van der Waals surface area contributed by atoms with E-state index in [0.717, 1.165) is 29.1 Å². The number of para-hydroxylation sites is 2. The van der Waals surface area contributed by atoms with E-state index < -0.39 is 11.0 Å². The quantitative estimate of drug-likeness (QED) is 0.236. The van der Waals surface area contributed by atoms with E-state index in [9.17, 15) is 9.00 Å². The van der Waals surface area contributed by atoms with Gasteiger partial charge < -0.3 is 15.4 Å². The van der Waals surface area contributed by atoms with Crippen LogP contribution >= 0.6 is 28.4 Å². The minimum absolute atomic E-state index is 0.150. The van der Waals surface area contributed by atoms with Gasteiger partial charge >= 0.3 is 0 Å². The lowest BCUT2D eigenvalue weighted by atomic mass is 10.2. The maximum atomic E-state index is 13.2. The van der Waals surface area contributed by atoms with E-state index in [2.05, 4.69) is 37.7 Å². The van der Waals surface area contributed by atoms with Crippen LogP contribution in [0.2, 0.25) is 0 Å². The second-order valence-electron chi connectivity index (χ2n) is 7.94. The van der Waals surface area contributed by atoms with Crippen LogP contribution in [0.15, 0.2) is 47.4 Å². The van der Waals surface area contributed by atoms with Gasteiger partial charge in [0.2, 0.25) is 0 Å². The summed E-state index contributed by atoms with van der Waals surface area (Å²) in [6.07, 6.45) is 4.45. The van der Waals surface area contributed by atoms with E-state index in [0.29, 0.717) is 35.0 Å². The summed E-state index contributed by atoms with van der Waals surface area (Å²) in [6, 6.07) is 11.3. The Morgan fingerprint density at radius 2 is 2.00 bits per heavy atom. The van der Waals surface area contributed by atoms with Crippen LogP contribution in [-0.2, 0) is 24.5 Å². The predicted octanol–water partition coefficient (Wildman–Crippen LogP) is 4.07. The van der Waals surface area contributed by atoms with Gasteiger partial charge in [-0.1, -0.05) is 12.1 Å². The molecule has 0 saturated heterocycles. The first kappa shape index (κ1) is 24.0. The molecule has 35 heavy (non-hydrogen) atoms. The number of aromatic nitrogens is 4. The first-order valence-electron chi connectivity index (χ1n) is 10.7. The van der Waals surface area contributed by atoms with Gasteiger partial charge in [0.25, 0.3) is 5.56 Å². The van der Waals surface area contributed by atoms with Crippen molar-refractivity contribution in [3.05, 3.63) is 58.5 Å². The minimum Gasteiger partial charge on any atom is -0.491 e. The molecular formula is C22H23IN7O3PS.